The molecule has 1 N–H and O–H groups in total. The van der Waals surface area contributed by atoms with Crippen LogP contribution in [0.15, 0.2) is 65.6 Å². The Morgan fingerprint density at radius 3 is 2.53 bits per heavy atom. The molecule has 2 aromatic carbocycles. The van der Waals surface area contributed by atoms with E-state index in [2.05, 4.69) is 53.4 Å². The van der Waals surface area contributed by atoms with Crippen LogP contribution in [0.3, 0.4) is 0 Å². The summed E-state index contributed by atoms with van der Waals surface area (Å²) in [6.45, 7) is 6.07. The predicted molar refractivity (Wildman–Crippen MR) is 136 cm³/mol. The Hall–Kier alpha value is -4.00. The molecular weight excluding hydrogens is 426 g/mol. The monoisotopic (exact) mass is 455 g/mol. The van der Waals surface area contributed by atoms with Crippen molar-refractivity contribution in [3.63, 3.8) is 0 Å². The number of hydrogen-bond donors (Lipinski definition) is 1. The van der Waals surface area contributed by atoms with Gasteiger partial charge in [0.15, 0.2) is 0 Å². The predicted octanol–water partition coefficient (Wildman–Crippen LogP) is 4.34. The van der Waals surface area contributed by atoms with Gasteiger partial charge >= 0.3 is 0 Å². The second kappa shape index (κ2) is 9.47. The first kappa shape index (κ1) is 23.2. The Bertz CT molecular complexity index is 1420. The number of anilines is 1. The minimum atomic E-state index is -0.215. The van der Waals surface area contributed by atoms with E-state index in [1.54, 1.807) is 26.4 Å². The summed E-state index contributed by atoms with van der Waals surface area (Å²) >= 11 is 0. The fraction of sp³-hybridized carbons (Fsp3) is 0.259. The van der Waals surface area contributed by atoms with E-state index < -0.39 is 0 Å². The van der Waals surface area contributed by atoms with Gasteiger partial charge in [0.05, 0.1) is 5.52 Å². The standard InChI is InChI=1S/C27H29N5O2/c1-17-7-6-8-20(13-17)18(2)28-27-23-14-21(9-11-24(23)29-19(3)30-27)22-10-12-25(33)32(15-22)16-26(34)31(4)5/h6-15,18H,16H2,1-5H3,(H,28,29,30)/t18-/m1/s1. The van der Waals surface area contributed by atoms with E-state index in [1.807, 2.05) is 25.1 Å². The van der Waals surface area contributed by atoms with Crippen LogP contribution in [0.2, 0.25) is 0 Å². The van der Waals surface area contributed by atoms with Gasteiger partial charge < -0.3 is 14.8 Å². The summed E-state index contributed by atoms with van der Waals surface area (Å²) in [5.41, 5.74) is 4.76. The number of hydrogen-bond acceptors (Lipinski definition) is 5. The molecule has 0 aliphatic carbocycles. The van der Waals surface area contributed by atoms with Crippen LogP contribution in [0.25, 0.3) is 22.0 Å². The van der Waals surface area contributed by atoms with Gasteiger partial charge in [-0.3, -0.25) is 9.59 Å². The van der Waals surface area contributed by atoms with E-state index in [0.29, 0.717) is 5.82 Å². The van der Waals surface area contributed by atoms with E-state index in [-0.39, 0.29) is 24.1 Å². The van der Waals surface area contributed by atoms with Gasteiger partial charge in [-0.1, -0.05) is 35.9 Å². The lowest BCUT2D eigenvalue weighted by molar-refractivity contribution is -0.129. The molecule has 0 saturated heterocycles. The fourth-order valence-corrected chi connectivity index (χ4v) is 3.87. The zero-order valence-corrected chi connectivity index (χ0v) is 20.2. The maximum Gasteiger partial charge on any atom is 0.251 e. The Balaban J connectivity index is 1.73. The van der Waals surface area contributed by atoms with Crippen LogP contribution in [0.1, 0.15) is 29.9 Å². The summed E-state index contributed by atoms with van der Waals surface area (Å²) in [5.74, 6) is 1.31. The third-order valence-corrected chi connectivity index (χ3v) is 5.82. The molecule has 0 radical (unpaired) electrons. The van der Waals surface area contributed by atoms with Crippen LogP contribution in [0, 0.1) is 13.8 Å². The number of nitrogens with one attached hydrogen (secondary N) is 1. The Kier molecular flexibility index (Phi) is 6.45. The molecule has 0 fully saturated rings. The van der Waals surface area contributed by atoms with E-state index >= 15 is 0 Å². The lowest BCUT2D eigenvalue weighted by Gasteiger charge is -2.18. The highest BCUT2D eigenvalue weighted by Crippen LogP contribution is 2.29. The molecule has 34 heavy (non-hydrogen) atoms. The molecule has 0 bridgehead atoms. The summed E-state index contributed by atoms with van der Waals surface area (Å²) in [5, 5.41) is 4.44. The van der Waals surface area contributed by atoms with Crippen molar-refractivity contribution in [3.05, 3.63) is 88.1 Å². The Morgan fingerprint density at radius 1 is 1.03 bits per heavy atom. The number of benzene rings is 2. The number of carbonyl (C=O) groups excluding carboxylic acids is 1. The van der Waals surface area contributed by atoms with E-state index in [4.69, 9.17) is 0 Å². The molecule has 4 rings (SSSR count). The molecule has 7 heteroatoms. The zero-order chi connectivity index (χ0) is 24.4. The average molecular weight is 456 g/mol. The number of aryl methyl sites for hydroxylation is 2. The van der Waals surface area contributed by atoms with Gasteiger partial charge in [0.1, 0.15) is 18.2 Å². The topological polar surface area (TPSA) is 80.1 Å². The van der Waals surface area contributed by atoms with Crippen molar-refractivity contribution in [1.82, 2.24) is 19.4 Å². The van der Waals surface area contributed by atoms with Crippen molar-refractivity contribution in [2.45, 2.75) is 33.4 Å². The molecule has 4 aromatic rings. The second-order valence-corrected chi connectivity index (χ2v) is 8.80. The highest BCUT2D eigenvalue weighted by Gasteiger charge is 2.13. The van der Waals surface area contributed by atoms with E-state index in [1.165, 1.54) is 26.7 Å². The third kappa shape index (κ3) is 4.98. The van der Waals surface area contributed by atoms with E-state index in [9.17, 15) is 9.59 Å². The van der Waals surface area contributed by atoms with Gasteiger partial charge in [-0.2, -0.15) is 0 Å². The number of likely N-dealkylation sites (N-methyl/N-ethyl adjacent to an activating group) is 1. The maximum atomic E-state index is 12.3. The molecule has 0 spiro atoms. The summed E-state index contributed by atoms with van der Waals surface area (Å²) in [7, 11) is 3.35. The van der Waals surface area contributed by atoms with Crippen molar-refractivity contribution < 1.29 is 4.79 Å². The molecule has 0 aliphatic heterocycles. The third-order valence-electron chi connectivity index (χ3n) is 5.82. The van der Waals surface area contributed by atoms with Crippen LogP contribution < -0.4 is 10.9 Å². The number of fused-ring (bicyclic) bond motifs is 1. The van der Waals surface area contributed by atoms with Gasteiger partial charge in [0.2, 0.25) is 5.91 Å². The van der Waals surface area contributed by atoms with Crippen LogP contribution in [0.4, 0.5) is 5.82 Å². The summed E-state index contributed by atoms with van der Waals surface area (Å²) in [4.78, 5) is 35.2. The molecule has 7 nitrogen and oxygen atoms in total. The number of carbonyl (C=O) groups is 1. The molecule has 2 heterocycles. The average Bonchev–Trinajstić information content (AvgIpc) is 2.80. The van der Waals surface area contributed by atoms with Gasteiger partial charge in [0, 0.05) is 37.8 Å². The zero-order valence-electron chi connectivity index (χ0n) is 20.2. The molecule has 0 saturated carbocycles. The SMILES string of the molecule is Cc1cccc([C@@H](C)Nc2nc(C)nc3ccc(-c4ccc(=O)n(CC(=O)N(C)C)c4)cc23)c1. The number of nitrogens with zero attached hydrogens (tertiary/aromatic N) is 4. The van der Waals surface area contributed by atoms with E-state index in [0.717, 1.165) is 27.8 Å². The van der Waals surface area contributed by atoms with Crippen molar-refractivity contribution >= 4 is 22.6 Å². The summed E-state index contributed by atoms with van der Waals surface area (Å²) < 4.78 is 1.44. The lowest BCUT2D eigenvalue weighted by Crippen LogP contribution is -2.31. The largest absolute Gasteiger partial charge is 0.363 e. The fourth-order valence-electron chi connectivity index (χ4n) is 3.87. The van der Waals surface area contributed by atoms with Crippen molar-refractivity contribution in [1.29, 1.82) is 0 Å². The van der Waals surface area contributed by atoms with Gasteiger partial charge in [-0.15, -0.1) is 0 Å². The number of pyridine rings is 1. The highest BCUT2D eigenvalue weighted by molar-refractivity contribution is 5.92. The molecule has 0 unspecified atom stereocenters. The smallest absolute Gasteiger partial charge is 0.251 e. The molecular formula is C27H29N5O2. The summed E-state index contributed by atoms with van der Waals surface area (Å²) in [6.07, 6.45) is 1.72. The van der Waals surface area contributed by atoms with Crippen LogP contribution >= 0.6 is 0 Å². The van der Waals surface area contributed by atoms with Gasteiger partial charge in [-0.25, -0.2) is 9.97 Å². The number of aromatic nitrogens is 3. The van der Waals surface area contributed by atoms with Crippen molar-refractivity contribution in [2.75, 3.05) is 19.4 Å². The first-order chi connectivity index (χ1) is 16.2. The molecule has 1 amide bonds. The lowest BCUT2D eigenvalue weighted by atomic mass is 10.0. The molecule has 0 aliphatic rings. The minimum absolute atomic E-state index is 0.00360. The first-order valence-corrected chi connectivity index (χ1v) is 11.2. The highest BCUT2D eigenvalue weighted by atomic mass is 16.2. The molecule has 2 aromatic heterocycles. The number of amides is 1. The second-order valence-electron chi connectivity index (χ2n) is 8.80. The Morgan fingerprint density at radius 2 is 1.79 bits per heavy atom. The minimum Gasteiger partial charge on any atom is -0.363 e. The maximum absolute atomic E-state index is 12.3. The van der Waals surface area contributed by atoms with Crippen molar-refractivity contribution in [3.8, 4) is 11.1 Å². The normalized spacial score (nSPS) is 11.9. The summed E-state index contributed by atoms with van der Waals surface area (Å²) in [6, 6.07) is 17.7. The van der Waals surface area contributed by atoms with Crippen molar-refractivity contribution in [2.24, 2.45) is 0 Å². The molecule has 1 atom stereocenters. The van der Waals surface area contributed by atoms with Gasteiger partial charge in [0.25, 0.3) is 5.56 Å². The quantitative estimate of drug-likeness (QED) is 0.468. The Labute approximate surface area is 199 Å². The number of rotatable bonds is 6. The van der Waals surface area contributed by atoms with Crippen LogP contribution in [0.5, 0.6) is 0 Å². The van der Waals surface area contributed by atoms with Crippen LogP contribution in [-0.4, -0.2) is 39.4 Å². The first-order valence-electron chi connectivity index (χ1n) is 11.2. The van der Waals surface area contributed by atoms with Gasteiger partial charge in [-0.05, 0) is 55.7 Å². The molecule has 174 valence electrons. The van der Waals surface area contributed by atoms with Crippen LogP contribution in [-0.2, 0) is 11.3 Å².